The molecule has 0 aliphatic carbocycles. The van der Waals surface area contributed by atoms with Gasteiger partial charge in [-0.15, -0.1) is 5.10 Å². The lowest BCUT2D eigenvalue weighted by molar-refractivity contribution is -0.119. The fraction of sp³-hybridized carbons (Fsp3) is 0.765. The Morgan fingerprint density at radius 3 is 2.00 bits per heavy atom. The minimum absolute atomic E-state index is 0.120. The van der Waals surface area contributed by atoms with Crippen molar-refractivity contribution in [2.24, 2.45) is 0 Å². The van der Waals surface area contributed by atoms with Crippen molar-refractivity contribution >= 4 is 11.6 Å². The molecule has 1 rings (SSSR count). The van der Waals surface area contributed by atoms with Gasteiger partial charge < -0.3 is 18.9 Å². The fourth-order valence-electron chi connectivity index (χ4n) is 1.82. The molecular weight excluding hydrogens is 342 g/mol. The molecule has 0 saturated heterocycles. The topological polar surface area (TPSA) is 102 Å². The normalized spacial score (nSPS) is 11.0. The summed E-state index contributed by atoms with van der Waals surface area (Å²) >= 11 is 0. The zero-order valence-electron chi connectivity index (χ0n) is 15.6. The second kappa shape index (κ2) is 14.5. The lowest BCUT2D eigenvalue weighted by Gasteiger charge is -2.05. The minimum atomic E-state index is 0.120. The highest BCUT2D eigenvalue weighted by atomic mass is 16.5. The van der Waals surface area contributed by atoms with E-state index in [1.807, 2.05) is 0 Å². The van der Waals surface area contributed by atoms with Crippen LogP contribution in [0.4, 0.5) is 0 Å². The number of carbonyl (C=O) groups is 2. The molecular formula is C17H29N3O6. The summed E-state index contributed by atoms with van der Waals surface area (Å²) in [6.45, 7) is 7.25. The van der Waals surface area contributed by atoms with Crippen LogP contribution in [0, 0.1) is 0 Å². The van der Waals surface area contributed by atoms with E-state index in [1.54, 1.807) is 24.7 Å². The average molecular weight is 371 g/mol. The van der Waals surface area contributed by atoms with Crippen LogP contribution in [0.2, 0.25) is 0 Å². The summed E-state index contributed by atoms with van der Waals surface area (Å²) in [6, 6.07) is 0. The number of hydrogen-bond donors (Lipinski definition) is 0. The highest BCUT2D eigenvalue weighted by molar-refractivity contribution is 5.75. The van der Waals surface area contributed by atoms with Gasteiger partial charge in [-0.25, -0.2) is 4.68 Å². The van der Waals surface area contributed by atoms with Crippen LogP contribution < -0.4 is 0 Å². The molecule has 0 aliphatic heterocycles. The summed E-state index contributed by atoms with van der Waals surface area (Å²) in [5.41, 5.74) is 0.737. The summed E-state index contributed by atoms with van der Waals surface area (Å²) in [5.74, 6) is 0.242. The summed E-state index contributed by atoms with van der Waals surface area (Å²) < 4.78 is 23.1. The van der Waals surface area contributed by atoms with Crippen molar-refractivity contribution in [1.82, 2.24) is 15.0 Å². The Bertz CT molecular complexity index is 520. The summed E-state index contributed by atoms with van der Waals surface area (Å²) in [6.07, 6.45) is 2.68. The first kappa shape index (κ1) is 22.4. The Kier molecular flexibility index (Phi) is 12.5. The van der Waals surface area contributed by atoms with Crippen LogP contribution in [-0.2, 0) is 41.7 Å². The van der Waals surface area contributed by atoms with E-state index in [4.69, 9.17) is 18.9 Å². The molecule has 26 heavy (non-hydrogen) atoms. The Morgan fingerprint density at radius 2 is 1.38 bits per heavy atom. The summed E-state index contributed by atoms with van der Waals surface area (Å²) in [5, 5.41) is 8.00. The molecule has 0 atom stereocenters. The van der Waals surface area contributed by atoms with Crippen molar-refractivity contribution in [2.75, 3.05) is 46.2 Å². The third kappa shape index (κ3) is 12.6. The maximum Gasteiger partial charge on any atom is 0.132 e. The van der Waals surface area contributed by atoms with Gasteiger partial charge in [-0.1, -0.05) is 5.21 Å². The molecule has 1 heterocycles. The summed E-state index contributed by atoms with van der Waals surface area (Å²) in [4.78, 5) is 21.5. The third-order valence-electron chi connectivity index (χ3n) is 3.24. The molecule has 1 aromatic heterocycles. The van der Waals surface area contributed by atoms with Gasteiger partial charge >= 0.3 is 0 Å². The average Bonchev–Trinajstić information content (AvgIpc) is 3.03. The van der Waals surface area contributed by atoms with E-state index in [-0.39, 0.29) is 11.6 Å². The fourth-order valence-corrected chi connectivity index (χ4v) is 1.82. The number of carbonyl (C=O) groups excluding carboxylic acids is 2. The van der Waals surface area contributed by atoms with Crippen LogP contribution >= 0.6 is 0 Å². The van der Waals surface area contributed by atoms with Gasteiger partial charge in [0, 0.05) is 12.8 Å². The maximum atomic E-state index is 10.8. The monoisotopic (exact) mass is 371 g/mol. The van der Waals surface area contributed by atoms with E-state index in [2.05, 4.69) is 10.3 Å². The van der Waals surface area contributed by atoms with E-state index >= 15 is 0 Å². The first-order valence-electron chi connectivity index (χ1n) is 8.77. The predicted octanol–water partition coefficient (Wildman–Crippen LogP) is 0.803. The van der Waals surface area contributed by atoms with Gasteiger partial charge in [0.2, 0.25) is 0 Å². The first-order valence-corrected chi connectivity index (χ1v) is 8.77. The van der Waals surface area contributed by atoms with Crippen LogP contribution in [0.15, 0.2) is 6.20 Å². The zero-order chi connectivity index (χ0) is 19.0. The van der Waals surface area contributed by atoms with E-state index < -0.39 is 0 Å². The van der Waals surface area contributed by atoms with Gasteiger partial charge in [0.15, 0.2) is 0 Å². The van der Waals surface area contributed by atoms with Gasteiger partial charge in [-0.3, -0.25) is 9.59 Å². The van der Waals surface area contributed by atoms with Crippen LogP contribution in [0.3, 0.4) is 0 Å². The largest absolute Gasteiger partial charge is 0.379 e. The van der Waals surface area contributed by atoms with Crippen molar-refractivity contribution in [1.29, 1.82) is 0 Å². The Labute approximate surface area is 153 Å². The highest BCUT2D eigenvalue weighted by Crippen LogP contribution is 1.97. The molecule has 0 amide bonds. The van der Waals surface area contributed by atoms with Crippen molar-refractivity contribution in [3.8, 4) is 0 Å². The molecule has 0 spiro atoms. The molecule has 0 unspecified atom stereocenters. The summed E-state index contributed by atoms with van der Waals surface area (Å²) in [7, 11) is 0. The Morgan fingerprint density at radius 1 is 0.846 bits per heavy atom. The van der Waals surface area contributed by atoms with Crippen molar-refractivity contribution in [3.05, 3.63) is 11.9 Å². The molecule has 0 bridgehead atoms. The molecule has 0 saturated carbocycles. The number of ketones is 2. The quantitative estimate of drug-likeness (QED) is 0.371. The smallest absolute Gasteiger partial charge is 0.132 e. The highest BCUT2D eigenvalue weighted by Gasteiger charge is 2.02. The van der Waals surface area contributed by atoms with Crippen molar-refractivity contribution in [3.63, 3.8) is 0 Å². The van der Waals surface area contributed by atoms with Gasteiger partial charge in [-0.2, -0.15) is 0 Å². The molecule has 0 radical (unpaired) electrons. The number of hydrogen-bond acceptors (Lipinski definition) is 8. The van der Waals surface area contributed by atoms with Gasteiger partial charge in [-0.05, 0) is 13.8 Å². The SMILES string of the molecule is CC(=O)CCOCCOCCOCc1cn(CCOCCC(C)=O)nn1. The number of ether oxygens (including phenoxy) is 4. The molecule has 1 aromatic rings. The minimum Gasteiger partial charge on any atom is -0.379 e. The van der Waals surface area contributed by atoms with Crippen molar-refractivity contribution in [2.45, 2.75) is 39.8 Å². The molecule has 0 aliphatic rings. The second-order valence-electron chi connectivity index (χ2n) is 5.77. The molecule has 9 heteroatoms. The third-order valence-corrected chi connectivity index (χ3v) is 3.24. The molecule has 0 aromatic carbocycles. The lowest BCUT2D eigenvalue weighted by atomic mass is 10.3. The molecule has 0 N–H and O–H groups in total. The van der Waals surface area contributed by atoms with Gasteiger partial charge in [0.1, 0.15) is 17.3 Å². The van der Waals surface area contributed by atoms with Gasteiger partial charge in [0.25, 0.3) is 0 Å². The number of Topliss-reactive ketones (excluding diaryl/α,β-unsaturated/α-hetero) is 2. The second-order valence-corrected chi connectivity index (χ2v) is 5.77. The van der Waals surface area contributed by atoms with E-state index in [9.17, 15) is 9.59 Å². The Balaban J connectivity index is 1.94. The van der Waals surface area contributed by atoms with Crippen LogP contribution in [0.5, 0.6) is 0 Å². The van der Waals surface area contributed by atoms with Crippen LogP contribution in [0.25, 0.3) is 0 Å². The molecule has 148 valence electrons. The lowest BCUT2D eigenvalue weighted by Crippen LogP contribution is -2.10. The van der Waals surface area contributed by atoms with Gasteiger partial charge in [0.05, 0.1) is 65.6 Å². The number of rotatable bonds is 17. The zero-order valence-corrected chi connectivity index (χ0v) is 15.6. The van der Waals surface area contributed by atoms with E-state index in [1.165, 1.54) is 0 Å². The van der Waals surface area contributed by atoms with Crippen LogP contribution in [0.1, 0.15) is 32.4 Å². The first-order chi connectivity index (χ1) is 12.6. The van der Waals surface area contributed by atoms with Crippen molar-refractivity contribution < 1.29 is 28.5 Å². The van der Waals surface area contributed by atoms with E-state index in [0.717, 1.165) is 5.69 Å². The number of aromatic nitrogens is 3. The standard InChI is InChI=1S/C17H29N3O6/c1-15(21)3-6-23-8-5-20-13-17(18-19-20)14-26-12-11-25-10-9-24-7-4-16(2)22/h13H,3-12,14H2,1-2H3. The predicted molar refractivity (Wildman–Crippen MR) is 92.7 cm³/mol. The Hall–Kier alpha value is -1.68. The molecule has 9 nitrogen and oxygen atoms in total. The van der Waals surface area contributed by atoms with Crippen LogP contribution in [-0.4, -0.2) is 72.8 Å². The van der Waals surface area contributed by atoms with E-state index in [0.29, 0.717) is 72.2 Å². The number of nitrogens with zero attached hydrogens (tertiary/aromatic N) is 3. The maximum absolute atomic E-state index is 10.8. The molecule has 0 fully saturated rings.